The molecule has 2 nitrogen and oxygen atoms in total. The summed E-state index contributed by atoms with van der Waals surface area (Å²) < 4.78 is 0. The van der Waals surface area contributed by atoms with Crippen molar-refractivity contribution in [2.75, 3.05) is 11.9 Å². The summed E-state index contributed by atoms with van der Waals surface area (Å²) in [4.78, 5) is 2.24. The molecule has 2 aromatic carbocycles. The van der Waals surface area contributed by atoms with Crippen LogP contribution in [-0.4, -0.2) is 12.2 Å². The fourth-order valence-corrected chi connectivity index (χ4v) is 3.62. The molecule has 1 aliphatic carbocycles. The molecule has 1 atom stereocenters. The second-order valence-corrected chi connectivity index (χ2v) is 11.9. The fraction of sp³-hybridized carbons (Fsp3) is 0.333. The monoisotopic (exact) mass is 507 g/mol. The third kappa shape index (κ3) is 6.74. The van der Waals surface area contributed by atoms with Gasteiger partial charge >= 0.3 is 37.9 Å². The summed E-state index contributed by atoms with van der Waals surface area (Å²) >= 11 is -0.826. The van der Waals surface area contributed by atoms with Crippen LogP contribution in [0.4, 0.5) is 5.69 Å². The van der Waals surface area contributed by atoms with Crippen molar-refractivity contribution in [3.05, 3.63) is 83.5 Å². The average Bonchev–Trinajstić information content (AvgIpc) is 2.70. The Bertz CT molecular complexity index is 858. The van der Waals surface area contributed by atoms with E-state index in [2.05, 4.69) is 81.3 Å². The van der Waals surface area contributed by atoms with Crippen molar-refractivity contribution >= 4 is 22.7 Å². The van der Waals surface area contributed by atoms with Crippen LogP contribution in [0.5, 0.6) is 5.75 Å². The Morgan fingerprint density at radius 3 is 2.38 bits per heavy atom. The Morgan fingerprint density at radius 2 is 1.76 bits per heavy atom. The summed E-state index contributed by atoms with van der Waals surface area (Å²) in [6.45, 7) is 7.08. The van der Waals surface area contributed by atoms with Crippen molar-refractivity contribution < 1.29 is 26.0 Å². The van der Waals surface area contributed by atoms with Gasteiger partial charge in [0.15, 0.2) is 0 Å². The van der Waals surface area contributed by atoms with Gasteiger partial charge in [-0.3, -0.25) is 0 Å². The van der Waals surface area contributed by atoms with Crippen LogP contribution in [0.2, 0.25) is 0 Å². The van der Waals surface area contributed by atoms with Crippen molar-refractivity contribution in [1.82, 2.24) is 0 Å². The van der Waals surface area contributed by atoms with Crippen molar-refractivity contribution in [3.63, 3.8) is 0 Å². The van der Waals surface area contributed by atoms with Crippen LogP contribution in [0.25, 0.3) is 0 Å². The number of nitrogens with zero attached hydrogens (tertiary/aromatic N) is 1. The van der Waals surface area contributed by atoms with E-state index in [0.717, 1.165) is 17.5 Å². The molecule has 3 rings (SSSR count). The molecule has 29 heavy (non-hydrogen) atoms. The van der Waals surface area contributed by atoms with E-state index in [1.165, 1.54) is 11.3 Å². The van der Waals surface area contributed by atoms with Crippen molar-refractivity contribution in [2.45, 2.75) is 45.1 Å². The molecular formula is C24H29Cl2NOZr. The second-order valence-electron chi connectivity index (χ2n) is 8.20. The summed E-state index contributed by atoms with van der Waals surface area (Å²) in [6, 6.07) is 14.7. The predicted molar refractivity (Wildman–Crippen MR) is 123 cm³/mol. The van der Waals surface area contributed by atoms with Gasteiger partial charge in [-0.1, -0.05) is 81.5 Å². The summed E-state index contributed by atoms with van der Waals surface area (Å²) in [7, 11) is 12.0. The van der Waals surface area contributed by atoms with E-state index in [0.29, 0.717) is 18.2 Å². The Labute approximate surface area is 193 Å². The first-order valence-corrected chi connectivity index (χ1v) is 16.0. The van der Waals surface area contributed by atoms with E-state index in [1.54, 1.807) is 0 Å². The molecule has 0 spiro atoms. The Morgan fingerprint density at radius 1 is 1.07 bits per heavy atom. The molecule has 1 N–H and O–H groups in total. The topological polar surface area (TPSA) is 23.5 Å². The summed E-state index contributed by atoms with van der Waals surface area (Å²) in [6.07, 6.45) is 9.76. The number of phenols is 1. The fourth-order valence-electron chi connectivity index (χ4n) is 3.62. The quantitative estimate of drug-likeness (QED) is 0.467. The molecule has 0 bridgehead atoms. The molecule has 0 saturated carbocycles. The van der Waals surface area contributed by atoms with Gasteiger partial charge in [-0.25, -0.2) is 0 Å². The van der Waals surface area contributed by atoms with Crippen LogP contribution in [0.3, 0.4) is 0 Å². The van der Waals surface area contributed by atoms with Gasteiger partial charge in [0, 0.05) is 30.8 Å². The van der Waals surface area contributed by atoms with Crippen LogP contribution in [-0.2, 0) is 32.8 Å². The van der Waals surface area contributed by atoms with Gasteiger partial charge in [-0.2, -0.15) is 0 Å². The van der Waals surface area contributed by atoms with Gasteiger partial charge in [-0.15, -0.1) is 0 Å². The van der Waals surface area contributed by atoms with Gasteiger partial charge in [0.2, 0.25) is 0 Å². The molecule has 0 radical (unpaired) electrons. The Hall–Kier alpha value is -1.02. The molecule has 0 saturated heterocycles. The van der Waals surface area contributed by atoms with Crippen molar-refractivity contribution in [1.29, 1.82) is 0 Å². The van der Waals surface area contributed by atoms with E-state index in [-0.39, 0.29) is 5.41 Å². The van der Waals surface area contributed by atoms with Crippen LogP contribution < -0.4 is 4.90 Å². The molecule has 0 fully saturated rings. The number of allylic oxidation sites excluding steroid dienone is 4. The van der Waals surface area contributed by atoms with E-state index >= 15 is 0 Å². The number of benzene rings is 2. The number of rotatable bonds is 4. The van der Waals surface area contributed by atoms with Gasteiger partial charge in [0.05, 0.1) is 0 Å². The SMILES string of the molecule is CN(Cc1cccc(C(C)(C)C)c1O)c1ccccc1C1C=CC=CC1.[Cl][Zr][Cl]. The summed E-state index contributed by atoms with van der Waals surface area (Å²) in [5.74, 6) is 0.831. The van der Waals surface area contributed by atoms with Gasteiger partial charge in [0.25, 0.3) is 0 Å². The normalized spacial score (nSPS) is 15.4. The molecule has 0 aromatic heterocycles. The number of anilines is 1. The van der Waals surface area contributed by atoms with Gasteiger partial charge in [0.1, 0.15) is 5.75 Å². The van der Waals surface area contributed by atoms with Crippen LogP contribution in [0, 0.1) is 0 Å². The third-order valence-corrected chi connectivity index (χ3v) is 5.06. The number of para-hydroxylation sites is 2. The molecular weight excluding hydrogens is 480 g/mol. The van der Waals surface area contributed by atoms with Crippen LogP contribution >= 0.6 is 17.0 Å². The first-order chi connectivity index (χ1) is 13.8. The van der Waals surface area contributed by atoms with Crippen molar-refractivity contribution in [3.8, 4) is 5.75 Å². The first kappa shape index (κ1) is 24.3. The number of halogens is 2. The first-order valence-electron chi connectivity index (χ1n) is 9.70. The van der Waals surface area contributed by atoms with E-state index in [9.17, 15) is 5.11 Å². The molecule has 154 valence electrons. The Balaban J connectivity index is 0.000000941. The summed E-state index contributed by atoms with van der Waals surface area (Å²) in [5, 5.41) is 10.8. The predicted octanol–water partition coefficient (Wildman–Crippen LogP) is 7.30. The Kier molecular flexibility index (Phi) is 9.53. The maximum absolute atomic E-state index is 10.8. The minimum atomic E-state index is -0.826. The van der Waals surface area contributed by atoms with E-state index in [1.807, 2.05) is 18.2 Å². The second kappa shape index (κ2) is 11.4. The molecule has 0 amide bonds. The zero-order valence-electron chi connectivity index (χ0n) is 17.5. The zero-order valence-corrected chi connectivity index (χ0v) is 21.5. The number of hydrogen-bond acceptors (Lipinski definition) is 2. The third-order valence-electron chi connectivity index (χ3n) is 5.06. The summed E-state index contributed by atoms with van der Waals surface area (Å²) in [5.41, 5.74) is 4.45. The number of hydrogen-bond donors (Lipinski definition) is 1. The molecule has 0 heterocycles. The van der Waals surface area contributed by atoms with Gasteiger partial charge in [-0.05, 0) is 29.0 Å². The molecule has 5 heteroatoms. The maximum atomic E-state index is 10.8. The average molecular weight is 510 g/mol. The molecule has 1 aliphatic rings. The standard InChI is InChI=1S/C24H29NO.2ClH.Zr/c1-24(2,3)21-15-10-13-19(23(21)26)17-25(4)22-16-9-8-14-20(22)18-11-6-5-7-12-18;;;/h5-11,13-16,18,26H,12,17H2,1-4H3;2*1H;/q;;;+2/p-2. The number of phenolic OH excluding ortho intramolecular Hbond substituents is 1. The van der Waals surface area contributed by atoms with Gasteiger partial charge < -0.3 is 10.0 Å². The van der Waals surface area contributed by atoms with Crippen LogP contribution in [0.15, 0.2) is 66.8 Å². The minimum absolute atomic E-state index is 0.0736. The van der Waals surface area contributed by atoms with Crippen molar-refractivity contribution in [2.24, 2.45) is 0 Å². The van der Waals surface area contributed by atoms with Crippen LogP contribution in [0.1, 0.15) is 49.8 Å². The molecule has 0 aliphatic heterocycles. The number of aromatic hydroxyl groups is 1. The molecule has 2 aromatic rings. The van der Waals surface area contributed by atoms with E-state index in [4.69, 9.17) is 17.0 Å². The zero-order chi connectivity index (χ0) is 21.4. The van der Waals surface area contributed by atoms with E-state index < -0.39 is 20.8 Å². The molecule has 1 unspecified atom stereocenters.